The first-order valence-corrected chi connectivity index (χ1v) is 7.99. The molecule has 0 amide bonds. The number of hydrogen-bond donors (Lipinski definition) is 2. The van der Waals surface area contributed by atoms with Crippen LogP contribution in [0.15, 0.2) is 24.3 Å². The molecule has 2 N–H and O–H groups in total. The molecular formula is C17H21F3O3. The van der Waals surface area contributed by atoms with Gasteiger partial charge in [-0.2, -0.15) is 13.2 Å². The highest BCUT2D eigenvalue weighted by molar-refractivity contribution is 5.26. The molecule has 2 aliphatic rings. The Morgan fingerprint density at radius 2 is 1.70 bits per heavy atom. The number of aliphatic hydroxyl groups excluding tert-OH is 2. The number of benzene rings is 1. The number of rotatable bonds is 3. The zero-order valence-electron chi connectivity index (χ0n) is 12.7. The zero-order chi connectivity index (χ0) is 16.6. The van der Waals surface area contributed by atoms with Crippen LogP contribution in [0.5, 0.6) is 0 Å². The third-order valence-electron chi connectivity index (χ3n) is 5.01. The molecule has 1 aromatic carbocycles. The van der Waals surface area contributed by atoms with Crippen molar-refractivity contribution in [1.29, 1.82) is 0 Å². The predicted octanol–water partition coefficient (Wildman–Crippen LogP) is 3.00. The normalized spacial score (nSPS) is 32.6. The largest absolute Gasteiger partial charge is 0.396 e. The van der Waals surface area contributed by atoms with Gasteiger partial charge in [-0.15, -0.1) is 0 Å². The quantitative estimate of drug-likeness (QED) is 0.896. The molecule has 0 unspecified atom stereocenters. The Morgan fingerprint density at radius 1 is 1.04 bits per heavy atom. The Balaban J connectivity index is 1.67. The third-order valence-corrected chi connectivity index (χ3v) is 5.01. The summed E-state index contributed by atoms with van der Waals surface area (Å²) in [6, 6.07) is 7.38. The van der Waals surface area contributed by atoms with E-state index in [0.717, 1.165) is 12.3 Å². The average molecular weight is 330 g/mol. The van der Waals surface area contributed by atoms with E-state index < -0.39 is 37.0 Å². The fourth-order valence-corrected chi connectivity index (χ4v) is 3.28. The second-order valence-corrected chi connectivity index (χ2v) is 6.63. The molecule has 3 nitrogen and oxygen atoms in total. The van der Waals surface area contributed by atoms with Crippen LogP contribution < -0.4 is 0 Å². The maximum atomic E-state index is 12.8. The molecule has 0 radical (unpaired) electrons. The van der Waals surface area contributed by atoms with Gasteiger partial charge in [-0.25, -0.2) is 0 Å². The summed E-state index contributed by atoms with van der Waals surface area (Å²) in [5.74, 6) is -1.32. The maximum absolute atomic E-state index is 12.8. The molecular weight excluding hydrogens is 309 g/mol. The van der Waals surface area contributed by atoms with Crippen LogP contribution in [0.1, 0.15) is 36.5 Å². The fraction of sp³-hybridized carbons (Fsp3) is 0.647. The standard InChI is InChI=1S/C17H21F3O3/c18-17(19,20)13-9-23-16(15(22)14(13)21)12-6-4-11(5-7-12)8-10-2-1-3-10/h4-7,10,13-16,21-22H,1-3,8-9H2/t13-,14+,15+,16+/m0/s1. The van der Waals surface area contributed by atoms with Crippen molar-refractivity contribution in [3.8, 4) is 0 Å². The van der Waals surface area contributed by atoms with E-state index in [0.29, 0.717) is 5.56 Å². The molecule has 1 heterocycles. The molecule has 0 spiro atoms. The molecule has 23 heavy (non-hydrogen) atoms. The van der Waals surface area contributed by atoms with Crippen molar-refractivity contribution in [2.45, 2.75) is 50.2 Å². The van der Waals surface area contributed by atoms with Crippen LogP contribution >= 0.6 is 0 Å². The van der Waals surface area contributed by atoms with Crippen LogP contribution in [-0.4, -0.2) is 35.2 Å². The van der Waals surface area contributed by atoms with E-state index in [-0.39, 0.29) is 0 Å². The summed E-state index contributed by atoms with van der Waals surface area (Å²) in [4.78, 5) is 0. The zero-order valence-corrected chi connectivity index (χ0v) is 12.7. The van der Waals surface area contributed by atoms with E-state index in [1.807, 2.05) is 12.1 Å². The van der Waals surface area contributed by atoms with Gasteiger partial charge >= 0.3 is 6.18 Å². The fourth-order valence-electron chi connectivity index (χ4n) is 3.28. The van der Waals surface area contributed by atoms with E-state index in [1.165, 1.54) is 24.8 Å². The van der Waals surface area contributed by atoms with Gasteiger partial charge in [-0.05, 0) is 23.5 Å². The van der Waals surface area contributed by atoms with Crippen LogP contribution in [0.2, 0.25) is 0 Å². The number of aliphatic hydroxyl groups is 2. The molecule has 1 saturated carbocycles. The minimum Gasteiger partial charge on any atom is -0.390 e. The van der Waals surface area contributed by atoms with Crippen molar-refractivity contribution in [3.63, 3.8) is 0 Å². The van der Waals surface area contributed by atoms with Crippen LogP contribution in [-0.2, 0) is 11.2 Å². The number of hydrogen-bond acceptors (Lipinski definition) is 3. The maximum Gasteiger partial charge on any atom is 0.396 e. The Kier molecular flexibility index (Phi) is 4.67. The highest BCUT2D eigenvalue weighted by atomic mass is 19.4. The van der Waals surface area contributed by atoms with Gasteiger partial charge in [-0.3, -0.25) is 0 Å². The highest BCUT2D eigenvalue weighted by Gasteiger charge is 2.51. The molecule has 1 aliphatic heterocycles. The second kappa shape index (κ2) is 6.42. The average Bonchev–Trinajstić information content (AvgIpc) is 2.45. The monoisotopic (exact) mass is 330 g/mol. The summed E-state index contributed by atoms with van der Waals surface area (Å²) in [7, 11) is 0. The van der Waals surface area contributed by atoms with Crippen molar-refractivity contribution in [2.75, 3.05) is 6.61 Å². The Bertz CT molecular complexity index is 525. The van der Waals surface area contributed by atoms with Crippen molar-refractivity contribution < 1.29 is 28.1 Å². The molecule has 128 valence electrons. The number of alkyl halides is 3. The van der Waals surface area contributed by atoms with E-state index in [4.69, 9.17) is 4.74 Å². The van der Waals surface area contributed by atoms with Gasteiger partial charge in [0.2, 0.25) is 0 Å². The summed E-state index contributed by atoms with van der Waals surface area (Å²) >= 11 is 0. The SMILES string of the molecule is O[C@@H]1[C@H](O)[C@@H](C(F)(F)F)CO[C@@H]1c1ccc(CC2CCC2)cc1. The van der Waals surface area contributed by atoms with E-state index in [2.05, 4.69) is 0 Å². The lowest BCUT2D eigenvalue weighted by molar-refractivity contribution is -0.265. The van der Waals surface area contributed by atoms with Crippen molar-refractivity contribution in [1.82, 2.24) is 0 Å². The molecule has 1 aliphatic carbocycles. The van der Waals surface area contributed by atoms with Gasteiger partial charge in [0, 0.05) is 0 Å². The Morgan fingerprint density at radius 3 is 2.22 bits per heavy atom. The summed E-state index contributed by atoms with van der Waals surface area (Å²) in [5.41, 5.74) is 1.77. The molecule has 4 atom stereocenters. The van der Waals surface area contributed by atoms with Crippen molar-refractivity contribution in [3.05, 3.63) is 35.4 Å². The summed E-state index contributed by atoms with van der Waals surface area (Å²) in [6.07, 6.45) is -4.19. The highest BCUT2D eigenvalue weighted by Crippen LogP contribution is 2.39. The van der Waals surface area contributed by atoms with Crippen molar-refractivity contribution in [2.24, 2.45) is 11.8 Å². The summed E-state index contributed by atoms with van der Waals surface area (Å²) in [6.45, 7) is -0.643. The van der Waals surface area contributed by atoms with Crippen LogP contribution in [0, 0.1) is 11.8 Å². The van der Waals surface area contributed by atoms with E-state index in [1.54, 1.807) is 12.1 Å². The number of halogens is 3. The minimum absolute atomic E-state index is 0.592. The lowest BCUT2D eigenvalue weighted by atomic mass is 9.80. The van der Waals surface area contributed by atoms with Gasteiger partial charge in [0.15, 0.2) is 0 Å². The van der Waals surface area contributed by atoms with Gasteiger partial charge in [0.1, 0.15) is 18.1 Å². The molecule has 0 bridgehead atoms. The van der Waals surface area contributed by atoms with Gasteiger partial charge < -0.3 is 14.9 Å². The molecule has 1 aromatic rings. The Hall–Kier alpha value is -1.11. The van der Waals surface area contributed by atoms with Crippen LogP contribution in [0.3, 0.4) is 0 Å². The Labute approximate surface area is 133 Å². The molecule has 0 aromatic heterocycles. The van der Waals surface area contributed by atoms with Crippen LogP contribution in [0.4, 0.5) is 13.2 Å². The first-order chi connectivity index (χ1) is 10.9. The predicted molar refractivity (Wildman–Crippen MR) is 77.7 cm³/mol. The third kappa shape index (κ3) is 3.54. The first-order valence-electron chi connectivity index (χ1n) is 7.99. The van der Waals surface area contributed by atoms with Gasteiger partial charge in [0.05, 0.1) is 12.7 Å². The smallest absolute Gasteiger partial charge is 0.390 e. The van der Waals surface area contributed by atoms with Crippen LogP contribution in [0.25, 0.3) is 0 Å². The topological polar surface area (TPSA) is 49.7 Å². The molecule has 2 fully saturated rings. The first kappa shape index (κ1) is 16.7. The summed E-state index contributed by atoms with van der Waals surface area (Å²) < 4.78 is 43.5. The summed E-state index contributed by atoms with van der Waals surface area (Å²) in [5, 5.41) is 19.8. The molecule has 6 heteroatoms. The van der Waals surface area contributed by atoms with Gasteiger partial charge in [-0.1, -0.05) is 43.5 Å². The second-order valence-electron chi connectivity index (χ2n) is 6.63. The lowest BCUT2D eigenvalue weighted by Crippen LogP contribution is -2.51. The van der Waals surface area contributed by atoms with Gasteiger partial charge in [0.25, 0.3) is 0 Å². The molecule has 1 saturated heterocycles. The number of ether oxygens (including phenoxy) is 1. The minimum atomic E-state index is -4.59. The van der Waals surface area contributed by atoms with E-state index >= 15 is 0 Å². The van der Waals surface area contributed by atoms with E-state index in [9.17, 15) is 23.4 Å². The molecule has 3 rings (SSSR count). The van der Waals surface area contributed by atoms with Crippen molar-refractivity contribution >= 4 is 0 Å². The lowest BCUT2D eigenvalue weighted by Gasteiger charge is -2.38.